The number of esters is 3. The molecule has 0 aromatic heterocycles. The van der Waals surface area contributed by atoms with Crippen LogP contribution in [0.2, 0.25) is 0 Å². The zero-order valence-electron chi connectivity index (χ0n) is 34.6. The third kappa shape index (κ3) is 39.1. The van der Waals surface area contributed by atoms with Gasteiger partial charge in [-0.3, -0.25) is 14.4 Å². The second kappa shape index (κ2) is 41.6. The standard InChI is InChI=1S/C46H84O6/c1-4-7-10-13-16-19-21-22-23-24-25-28-30-33-36-39-45(48)51-42-43(41-50-44(47)38-35-32-29-26-18-15-12-9-6-3)52-46(49)40-37-34-31-27-20-17-14-11-8-5-2/h16,19,22-23,43H,4-15,17-18,20-21,24-42H2,1-3H3/b19-16-,23-22-/t43-/m1/s1. The minimum atomic E-state index is -0.767. The molecule has 0 aliphatic carbocycles. The molecule has 0 aromatic rings. The van der Waals surface area contributed by atoms with E-state index in [0.29, 0.717) is 19.3 Å². The van der Waals surface area contributed by atoms with Gasteiger partial charge in [-0.05, 0) is 51.4 Å². The Labute approximate surface area is 322 Å². The van der Waals surface area contributed by atoms with E-state index in [1.807, 2.05) is 0 Å². The average Bonchev–Trinajstić information content (AvgIpc) is 3.14. The minimum Gasteiger partial charge on any atom is -0.462 e. The molecule has 0 heterocycles. The monoisotopic (exact) mass is 733 g/mol. The van der Waals surface area contributed by atoms with Gasteiger partial charge in [0.15, 0.2) is 6.10 Å². The first-order chi connectivity index (χ1) is 25.5. The van der Waals surface area contributed by atoms with E-state index in [2.05, 4.69) is 45.1 Å². The SMILES string of the molecule is CCCCC/C=C\C/C=C\CCCCCCCC(=O)OC[C@@H](COC(=O)CCCCCCCCCCC)OC(=O)CCCCCCCCCCCC. The lowest BCUT2D eigenvalue weighted by Gasteiger charge is -2.18. The Bertz CT molecular complexity index is 850. The van der Waals surface area contributed by atoms with E-state index in [4.69, 9.17) is 14.2 Å². The van der Waals surface area contributed by atoms with Crippen LogP contribution in [0.4, 0.5) is 0 Å². The minimum absolute atomic E-state index is 0.0724. The van der Waals surface area contributed by atoms with Gasteiger partial charge in [-0.15, -0.1) is 0 Å². The van der Waals surface area contributed by atoms with Crippen molar-refractivity contribution in [3.05, 3.63) is 24.3 Å². The van der Waals surface area contributed by atoms with Crippen LogP contribution in [0.15, 0.2) is 24.3 Å². The maximum Gasteiger partial charge on any atom is 0.306 e. The number of carbonyl (C=O) groups excluding carboxylic acids is 3. The van der Waals surface area contributed by atoms with Crippen LogP contribution in [0, 0.1) is 0 Å². The van der Waals surface area contributed by atoms with Gasteiger partial charge in [0.05, 0.1) is 0 Å². The number of ether oxygens (including phenoxy) is 3. The number of hydrogen-bond acceptors (Lipinski definition) is 6. The number of carbonyl (C=O) groups is 3. The van der Waals surface area contributed by atoms with Crippen molar-refractivity contribution in [1.82, 2.24) is 0 Å². The molecule has 0 spiro atoms. The molecule has 0 aliphatic rings. The molecule has 0 amide bonds. The molecule has 0 saturated carbocycles. The smallest absolute Gasteiger partial charge is 0.306 e. The van der Waals surface area contributed by atoms with Crippen LogP contribution in [-0.2, 0) is 28.6 Å². The van der Waals surface area contributed by atoms with Crippen molar-refractivity contribution in [2.45, 2.75) is 239 Å². The zero-order valence-corrected chi connectivity index (χ0v) is 34.6. The molecular weight excluding hydrogens is 648 g/mol. The lowest BCUT2D eigenvalue weighted by molar-refractivity contribution is -0.167. The van der Waals surface area contributed by atoms with Crippen LogP contribution in [0.3, 0.4) is 0 Å². The van der Waals surface area contributed by atoms with E-state index in [0.717, 1.165) is 77.0 Å². The van der Waals surface area contributed by atoms with Crippen LogP contribution in [0.25, 0.3) is 0 Å². The molecule has 0 saturated heterocycles. The van der Waals surface area contributed by atoms with Gasteiger partial charge in [-0.2, -0.15) is 0 Å². The topological polar surface area (TPSA) is 78.9 Å². The second-order valence-electron chi connectivity index (χ2n) is 15.0. The van der Waals surface area contributed by atoms with E-state index in [1.54, 1.807) is 0 Å². The Kier molecular flexibility index (Phi) is 40.0. The molecule has 0 bridgehead atoms. The third-order valence-electron chi connectivity index (χ3n) is 9.71. The second-order valence-corrected chi connectivity index (χ2v) is 15.0. The van der Waals surface area contributed by atoms with Crippen LogP contribution >= 0.6 is 0 Å². The predicted molar refractivity (Wildman–Crippen MR) is 219 cm³/mol. The van der Waals surface area contributed by atoms with Crippen molar-refractivity contribution >= 4 is 17.9 Å². The summed E-state index contributed by atoms with van der Waals surface area (Å²) in [4.78, 5) is 37.6. The van der Waals surface area contributed by atoms with Gasteiger partial charge in [-0.25, -0.2) is 0 Å². The number of unbranched alkanes of at least 4 members (excludes halogenated alkanes) is 25. The first-order valence-electron chi connectivity index (χ1n) is 22.3. The number of rotatable bonds is 40. The van der Waals surface area contributed by atoms with Crippen molar-refractivity contribution in [3.63, 3.8) is 0 Å². The molecule has 0 fully saturated rings. The summed E-state index contributed by atoms with van der Waals surface area (Å²) in [5, 5.41) is 0. The molecule has 52 heavy (non-hydrogen) atoms. The first-order valence-corrected chi connectivity index (χ1v) is 22.3. The van der Waals surface area contributed by atoms with Crippen LogP contribution < -0.4 is 0 Å². The lowest BCUT2D eigenvalue weighted by Crippen LogP contribution is -2.30. The van der Waals surface area contributed by atoms with E-state index < -0.39 is 6.10 Å². The van der Waals surface area contributed by atoms with Crippen molar-refractivity contribution in [2.75, 3.05) is 13.2 Å². The highest BCUT2D eigenvalue weighted by atomic mass is 16.6. The van der Waals surface area contributed by atoms with Gasteiger partial charge in [0.1, 0.15) is 13.2 Å². The van der Waals surface area contributed by atoms with E-state index in [1.165, 1.54) is 116 Å². The third-order valence-corrected chi connectivity index (χ3v) is 9.71. The Morgan fingerprint density at radius 1 is 0.385 bits per heavy atom. The normalized spacial score (nSPS) is 12.1. The highest BCUT2D eigenvalue weighted by Crippen LogP contribution is 2.14. The lowest BCUT2D eigenvalue weighted by atomic mass is 10.1. The van der Waals surface area contributed by atoms with E-state index in [-0.39, 0.29) is 31.1 Å². The molecule has 0 aromatic carbocycles. The fourth-order valence-corrected chi connectivity index (χ4v) is 6.29. The van der Waals surface area contributed by atoms with Crippen molar-refractivity contribution in [3.8, 4) is 0 Å². The Morgan fingerprint density at radius 2 is 0.692 bits per heavy atom. The summed E-state index contributed by atoms with van der Waals surface area (Å²) in [6, 6.07) is 0. The molecule has 304 valence electrons. The summed E-state index contributed by atoms with van der Waals surface area (Å²) >= 11 is 0. The fourth-order valence-electron chi connectivity index (χ4n) is 6.29. The van der Waals surface area contributed by atoms with Gasteiger partial charge < -0.3 is 14.2 Å². The molecular formula is C46H84O6. The number of allylic oxidation sites excluding steroid dienone is 4. The van der Waals surface area contributed by atoms with Gasteiger partial charge in [0.2, 0.25) is 0 Å². The summed E-state index contributed by atoms with van der Waals surface area (Å²) in [6.45, 7) is 6.56. The van der Waals surface area contributed by atoms with E-state index >= 15 is 0 Å². The molecule has 6 heteroatoms. The quantitative estimate of drug-likeness (QED) is 0.0270. The summed E-state index contributed by atoms with van der Waals surface area (Å²) in [6.07, 6.45) is 44.4. The molecule has 0 rings (SSSR count). The molecule has 0 radical (unpaired) electrons. The summed E-state index contributed by atoms with van der Waals surface area (Å²) in [5.41, 5.74) is 0. The highest BCUT2D eigenvalue weighted by molar-refractivity contribution is 5.71. The fraction of sp³-hybridized carbons (Fsp3) is 0.848. The Morgan fingerprint density at radius 3 is 1.10 bits per heavy atom. The Hall–Kier alpha value is -2.11. The Balaban J connectivity index is 4.34. The largest absolute Gasteiger partial charge is 0.462 e. The molecule has 0 N–H and O–H groups in total. The maximum atomic E-state index is 12.7. The summed E-state index contributed by atoms with van der Waals surface area (Å²) in [7, 11) is 0. The van der Waals surface area contributed by atoms with Gasteiger partial charge >= 0.3 is 17.9 Å². The first kappa shape index (κ1) is 49.9. The van der Waals surface area contributed by atoms with Crippen molar-refractivity contribution in [2.24, 2.45) is 0 Å². The van der Waals surface area contributed by atoms with Gasteiger partial charge in [-0.1, -0.05) is 186 Å². The van der Waals surface area contributed by atoms with Crippen molar-refractivity contribution < 1.29 is 28.6 Å². The summed E-state index contributed by atoms with van der Waals surface area (Å²) < 4.78 is 16.6. The average molecular weight is 733 g/mol. The molecule has 6 nitrogen and oxygen atoms in total. The molecule has 1 atom stereocenters. The molecule has 0 aliphatic heterocycles. The van der Waals surface area contributed by atoms with Gasteiger partial charge in [0, 0.05) is 19.3 Å². The molecule has 0 unspecified atom stereocenters. The van der Waals surface area contributed by atoms with E-state index in [9.17, 15) is 14.4 Å². The van der Waals surface area contributed by atoms with Crippen LogP contribution in [-0.4, -0.2) is 37.2 Å². The summed E-state index contributed by atoms with van der Waals surface area (Å²) in [5.74, 6) is -0.887. The zero-order chi connectivity index (χ0) is 38.0. The van der Waals surface area contributed by atoms with Gasteiger partial charge in [0.25, 0.3) is 0 Å². The van der Waals surface area contributed by atoms with Crippen LogP contribution in [0.5, 0.6) is 0 Å². The number of hydrogen-bond donors (Lipinski definition) is 0. The van der Waals surface area contributed by atoms with Crippen molar-refractivity contribution in [1.29, 1.82) is 0 Å². The maximum absolute atomic E-state index is 12.7. The highest BCUT2D eigenvalue weighted by Gasteiger charge is 2.19. The van der Waals surface area contributed by atoms with Crippen LogP contribution in [0.1, 0.15) is 233 Å². The predicted octanol–water partition coefficient (Wildman–Crippen LogP) is 14.0.